The Hall–Kier alpha value is -0.0900. The van der Waals surface area contributed by atoms with Gasteiger partial charge in [0.1, 0.15) is 0 Å². The number of nitrogens with two attached hydrogens (primary N) is 1. The van der Waals surface area contributed by atoms with Crippen LogP contribution in [-0.4, -0.2) is 25.5 Å². The molecule has 1 saturated carbocycles. The fourth-order valence-electron chi connectivity index (χ4n) is 2.48. The van der Waals surface area contributed by atoms with Crippen LogP contribution >= 0.6 is 0 Å². The zero-order valence-corrected chi connectivity index (χ0v) is 11.5. The molecule has 0 bridgehead atoms. The maximum atomic E-state index is 11.7. The molecule has 16 heavy (non-hydrogen) atoms. The lowest BCUT2D eigenvalue weighted by Crippen LogP contribution is -2.52. The van der Waals surface area contributed by atoms with Crippen molar-refractivity contribution in [3.05, 3.63) is 0 Å². The van der Waals surface area contributed by atoms with Crippen molar-refractivity contribution in [2.24, 2.45) is 11.7 Å². The van der Waals surface area contributed by atoms with E-state index in [4.69, 9.17) is 5.73 Å². The van der Waals surface area contributed by atoms with Gasteiger partial charge in [-0.2, -0.15) is 0 Å². The molecule has 4 heteroatoms. The van der Waals surface area contributed by atoms with Crippen LogP contribution in [0.15, 0.2) is 0 Å². The summed E-state index contributed by atoms with van der Waals surface area (Å²) >= 11 is 0. The minimum Gasteiger partial charge on any atom is -0.326 e. The third-order valence-electron chi connectivity index (χ3n) is 4.17. The molecule has 0 heterocycles. The fourth-order valence-corrected chi connectivity index (χ4v) is 3.17. The molecule has 0 aromatic rings. The zero-order chi connectivity index (χ0) is 12.4. The Morgan fingerprint density at radius 1 is 1.12 bits per heavy atom. The average Bonchev–Trinajstić information content (AvgIpc) is 2.42. The molecule has 1 atom stereocenters. The molecule has 0 aromatic heterocycles. The van der Waals surface area contributed by atoms with Gasteiger partial charge in [-0.3, -0.25) is 0 Å². The molecule has 1 unspecified atom stereocenters. The lowest BCUT2D eigenvalue weighted by Gasteiger charge is -2.35. The van der Waals surface area contributed by atoms with Crippen LogP contribution in [0.5, 0.6) is 0 Å². The fraction of sp³-hybridized carbons (Fsp3) is 1.00. The second-order valence-corrected chi connectivity index (χ2v) is 8.25. The van der Waals surface area contributed by atoms with Crippen molar-refractivity contribution >= 4 is 9.84 Å². The second-order valence-electron chi connectivity index (χ2n) is 5.65. The van der Waals surface area contributed by atoms with E-state index in [2.05, 4.69) is 0 Å². The molecule has 3 nitrogen and oxygen atoms in total. The average molecular weight is 247 g/mol. The van der Waals surface area contributed by atoms with Crippen LogP contribution in [0.4, 0.5) is 0 Å². The van der Waals surface area contributed by atoms with Gasteiger partial charge >= 0.3 is 0 Å². The highest BCUT2D eigenvalue weighted by atomic mass is 32.2. The van der Waals surface area contributed by atoms with Crippen LogP contribution in [0.1, 0.15) is 52.4 Å². The summed E-state index contributed by atoms with van der Waals surface area (Å²) in [5.74, 6) is 0.368. The van der Waals surface area contributed by atoms with Gasteiger partial charge in [-0.1, -0.05) is 25.7 Å². The molecule has 0 radical (unpaired) electrons. The quantitative estimate of drug-likeness (QED) is 0.777. The summed E-state index contributed by atoms with van der Waals surface area (Å²) in [5.41, 5.74) is 6.20. The summed E-state index contributed by atoms with van der Waals surface area (Å²) in [5, 5.41) is 0. The van der Waals surface area contributed by atoms with Crippen molar-refractivity contribution in [1.29, 1.82) is 0 Å². The van der Waals surface area contributed by atoms with E-state index in [0.29, 0.717) is 5.92 Å². The first-order valence-corrected chi connectivity index (χ1v) is 8.11. The van der Waals surface area contributed by atoms with E-state index in [9.17, 15) is 8.42 Å². The predicted octanol–water partition coefficient (Wildman–Crippen LogP) is 2.11. The molecule has 0 amide bonds. The summed E-state index contributed by atoms with van der Waals surface area (Å²) in [4.78, 5) is 0. The van der Waals surface area contributed by atoms with Gasteiger partial charge in [-0.05, 0) is 32.6 Å². The van der Waals surface area contributed by atoms with Crippen molar-refractivity contribution in [1.82, 2.24) is 0 Å². The molecule has 0 aromatic carbocycles. The topological polar surface area (TPSA) is 60.2 Å². The molecule has 1 aliphatic carbocycles. The first-order valence-electron chi connectivity index (χ1n) is 6.22. The molecular weight excluding hydrogens is 222 g/mol. The van der Waals surface area contributed by atoms with E-state index >= 15 is 0 Å². The molecule has 1 aliphatic rings. The van der Waals surface area contributed by atoms with Crippen molar-refractivity contribution in [3.63, 3.8) is 0 Å². The minimum absolute atomic E-state index is 0.236. The molecule has 0 spiro atoms. The van der Waals surface area contributed by atoms with E-state index in [0.717, 1.165) is 12.8 Å². The van der Waals surface area contributed by atoms with Gasteiger partial charge in [-0.15, -0.1) is 0 Å². The van der Waals surface area contributed by atoms with Crippen LogP contribution in [0.3, 0.4) is 0 Å². The molecule has 96 valence electrons. The highest BCUT2D eigenvalue weighted by Crippen LogP contribution is 2.32. The number of rotatable bonds is 3. The van der Waals surface area contributed by atoms with Crippen LogP contribution in [0, 0.1) is 5.92 Å². The Labute approximate surface area is 99.7 Å². The Balaban J connectivity index is 2.79. The SMILES string of the molecule is CC(C)(C(N)C1CCCCCC1)S(C)(=O)=O. The maximum Gasteiger partial charge on any atom is 0.154 e. The van der Waals surface area contributed by atoms with Gasteiger partial charge in [0.15, 0.2) is 9.84 Å². The lowest BCUT2D eigenvalue weighted by atomic mass is 9.85. The van der Waals surface area contributed by atoms with Crippen molar-refractivity contribution in [2.75, 3.05) is 6.26 Å². The Morgan fingerprint density at radius 3 is 1.94 bits per heavy atom. The molecule has 2 N–H and O–H groups in total. The van der Waals surface area contributed by atoms with E-state index in [1.807, 2.05) is 0 Å². The van der Waals surface area contributed by atoms with E-state index in [-0.39, 0.29) is 6.04 Å². The van der Waals surface area contributed by atoms with Gasteiger partial charge in [0.25, 0.3) is 0 Å². The van der Waals surface area contributed by atoms with Crippen LogP contribution in [0.2, 0.25) is 0 Å². The predicted molar refractivity (Wildman–Crippen MR) is 68.1 cm³/mol. The van der Waals surface area contributed by atoms with Crippen LogP contribution < -0.4 is 5.73 Å². The standard InChI is InChI=1S/C12H25NO2S/c1-12(2,16(3,14)15)11(13)10-8-6-4-5-7-9-10/h10-11H,4-9,13H2,1-3H3. The monoisotopic (exact) mass is 247 g/mol. The summed E-state index contributed by atoms with van der Waals surface area (Å²) in [7, 11) is -3.09. The van der Waals surface area contributed by atoms with E-state index in [1.165, 1.54) is 31.9 Å². The summed E-state index contributed by atoms with van der Waals surface area (Å²) in [6, 6.07) is -0.236. The minimum atomic E-state index is -3.09. The Bertz CT molecular complexity index is 314. The lowest BCUT2D eigenvalue weighted by molar-refractivity contribution is 0.321. The molecular formula is C12H25NO2S. The highest BCUT2D eigenvalue weighted by molar-refractivity contribution is 7.92. The summed E-state index contributed by atoms with van der Waals surface area (Å²) in [6.07, 6.45) is 8.38. The van der Waals surface area contributed by atoms with Crippen molar-refractivity contribution < 1.29 is 8.42 Å². The first kappa shape index (κ1) is 14.0. The second kappa shape index (κ2) is 5.05. The van der Waals surface area contributed by atoms with Gasteiger partial charge in [0.05, 0.1) is 4.75 Å². The van der Waals surface area contributed by atoms with Crippen LogP contribution in [-0.2, 0) is 9.84 Å². The smallest absolute Gasteiger partial charge is 0.154 e. The van der Waals surface area contributed by atoms with Gasteiger partial charge in [-0.25, -0.2) is 8.42 Å². The largest absolute Gasteiger partial charge is 0.326 e. The van der Waals surface area contributed by atoms with Crippen molar-refractivity contribution in [2.45, 2.75) is 63.2 Å². The third kappa shape index (κ3) is 2.98. The van der Waals surface area contributed by atoms with Gasteiger partial charge in [0.2, 0.25) is 0 Å². The maximum absolute atomic E-state index is 11.7. The summed E-state index contributed by atoms with van der Waals surface area (Å²) < 4.78 is 22.7. The number of hydrogen-bond acceptors (Lipinski definition) is 3. The Morgan fingerprint density at radius 2 is 1.56 bits per heavy atom. The first-order chi connectivity index (χ1) is 7.27. The van der Waals surface area contributed by atoms with E-state index < -0.39 is 14.6 Å². The van der Waals surface area contributed by atoms with Crippen molar-refractivity contribution in [3.8, 4) is 0 Å². The molecule has 0 saturated heterocycles. The Kier molecular flexibility index (Phi) is 4.41. The third-order valence-corrected chi connectivity index (χ3v) is 6.35. The number of sulfone groups is 1. The molecule has 1 rings (SSSR count). The normalized spacial score (nSPS) is 22.8. The zero-order valence-electron chi connectivity index (χ0n) is 10.7. The van der Waals surface area contributed by atoms with E-state index in [1.54, 1.807) is 13.8 Å². The molecule has 1 fully saturated rings. The molecule has 0 aliphatic heterocycles. The summed E-state index contributed by atoms with van der Waals surface area (Å²) in [6.45, 7) is 3.52. The van der Waals surface area contributed by atoms with Gasteiger partial charge in [0, 0.05) is 12.3 Å². The highest BCUT2D eigenvalue weighted by Gasteiger charge is 2.40. The van der Waals surface area contributed by atoms with Crippen LogP contribution in [0.25, 0.3) is 0 Å². The van der Waals surface area contributed by atoms with Gasteiger partial charge < -0.3 is 5.73 Å². The number of hydrogen-bond donors (Lipinski definition) is 1.